The number of amides is 1. The second-order valence-corrected chi connectivity index (χ2v) is 6.82. The molecule has 3 heteroatoms. The molecule has 1 aliphatic rings. The number of carbonyl (C=O) groups is 1. The van der Waals surface area contributed by atoms with Gasteiger partial charge in [0.1, 0.15) is 0 Å². The summed E-state index contributed by atoms with van der Waals surface area (Å²) in [4.78, 5) is 12.6. The van der Waals surface area contributed by atoms with Crippen LogP contribution in [0.1, 0.15) is 37.0 Å². The molecule has 1 aliphatic carbocycles. The lowest BCUT2D eigenvalue weighted by molar-refractivity contribution is -0.119. The number of benzene rings is 2. The number of hydrogen-bond donors (Lipinski definition) is 1. The van der Waals surface area contributed by atoms with Gasteiger partial charge in [0.25, 0.3) is 0 Å². The van der Waals surface area contributed by atoms with Gasteiger partial charge in [-0.1, -0.05) is 68.4 Å². The number of nitrogens with zero attached hydrogens (tertiary/aromatic N) is 1. The first-order valence-corrected chi connectivity index (χ1v) is 8.64. The number of hydrogen-bond acceptors (Lipinski definition) is 2. The van der Waals surface area contributed by atoms with E-state index in [4.69, 9.17) is 0 Å². The molecule has 0 radical (unpaired) electrons. The summed E-state index contributed by atoms with van der Waals surface area (Å²) in [6, 6.07) is 20.0. The van der Waals surface area contributed by atoms with Crippen LogP contribution in [0.15, 0.2) is 60.2 Å². The van der Waals surface area contributed by atoms with Crippen molar-refractivity contribution in [3.63, 3.8) is 0 Å². The van der Waals surface area contributed by atoms with Gasteiger partial charge in [-0.15, -0.1) is 0 Å². The Bertz CT molecular complexity index is 861. The molecule has 0 aliphatic heterocycles. The fraction of sp³-hybridized carbons (Fsp3) is 0.273. The normalized spacial score (nSPS) is 19.1. The van der Waals surface area contributed by atoms with Gasteiger partial charge >= 0.3 is 0 Å². The van der Waals surface area contributed by atoms with Crippen LogP contribution in [0.2, 0.25) is 0 Å². The molecule has 0 spiro atoms. The van der Waals surface area contributed by atoms with Gasteiger partial charge in [-0.05, 0) is 24.0 Å². The zero-order chi connectivity index (χ0) is 17.9. The predicted octanol–water partition coefficient (Wildman–Crippen LogP) is 4.25. The zero-order valence-corrected chi connectivity index (χ0v) is 14.7. The molecule has 0 heterocycles. The maximum atomic E-state index is 12.6. The Morgan fingerprint density at radius 1 is 1.16 bits per heavy atom. The third kappa shape index (κ3) is 3.34. The van der Waals surface area contributed by atoms with Gasteiger partial charge < -0.3 is 5.32 Å². The second-order valence-electron chi connectivity index (χ2n) is 6.82. The molecule has 3 rings (SSSR count). The van der Waals surface area contributed by atoms with Gasteiger partial charge in [-0.3, -0.25) is 4.79 Å². The molecule has 3 nitrogen and oxygen atoms in total. The van der Waals surface area contributed by atoms with Crippen LogP contribution < -0.4 is 5.32 Å². The summed E-state index contributed by atoms with van der Waals surface area (Å²) in [6.07, 6.45) is 1.97. The van der Waals surface area contributed by atoms with Gasteiger partial charge in [-0.2, -0.15) is 5.26 Å². The van der Waals surface area contributed by atoms with E-state index in [1.54, 1.807) is 0 Å². The molecule has 1 N–H and O–H groups in total. The lowest BCUT2D eigenvalue weighted by Gasteiger charge is -2.35. The lowest BCUT2D eigenvalue weighted by atomic mass is 9.69. The number of allylic oxidation sites excluding steroid dienone is 1. The first-order chi connectivity index (χ1) is 12.1. The Kier molecular flexibility index (Phi) is 4.72. The number of carbonyl (C=O) groups excluding carboxylic acids is 1. The third-order valence-electron chi connectivity index (χ3n) is 5.08. The van der Waals surface area contributed by atoms with Crippen molar-refractivity contribution in [2.24, 2.45) is 5.41 Å². The molecule has 0 bridgehead atoms. The largest absolute Gasteiger partial charge is 0.324 e. The lowest BCUT2D eigenvalue weighted by Crippen LogP contribution is -2.33. The molecule has 2 aromatic rings. The maximum absolute atomic E-state index is 12.6. The number of nitrogens with one attached hydrogen (secondary N) is 1. The fourth-order valence-electron chi connectivity index (χ4n) is 3.45. The Hall–Kier alpha value is -2.86. The monoisotopic (exact) mass is 330 g/mol. The standard InChI is InChI=1S/C22H22N2O/c1-3-22(2)14-17-11-7-8-12-18(17)21(19(22)15-23)24-20(25)13-16-9-5-4-6-10-16/h4-12H,3,13-14H2,1-2H3,(H,24,25). The quantitative estimate of drug-likeness (QED) is 0.911. The van der Waals surface area contributed by atoms with E-state index in [1.807, 2.05) is 48.5 Å². The summed E-state index contributed by atoms with van der Waals surface area (Å²) in [7, 11) is 0. The summed E-state index contributed by atoms with van der Waals surface area (Å²) in [5.41, 5.74) is 4.21. The summed E-state index contributed by atoms with van der Waals surface area (Å²) >= 11 is 0. The molecule has 0 fully saturated rings. The van der Waals surface area contributed by atoms with Crippen LogP contribution in [0.5, 0.6) is 0 Å². The number of nitriles is 1. The van der Waals surface area contributed by atoms with Crippen LogP contribution in [0, 0.1) is 16.7 Å². The van der Waals surface area contributed by atoms with Crippen LogP contribution in [0.3, 0.4) is 0 Å². The van der Waals surface area contributed by atoms with Crippen LogP contribution in [0.4, 0.5) is 0 Å². The van der Waals surface area contributed by atoms with Crippen molar-refractivity contribution in [2.45, 2.75) is 33.1 Å². The maximum Gasteiger partial charge on any atom is 0.228 e. The van der Waals surface area contributed by atoms with Crippen LogP contribution in [-0.4, -0.2) is 5.91 Å². The Balaban J connectivity index is 1.98. The van der Waals surface area contributed by atoms with E-state index in [0.29, 0.717) is 17.7 Å². The average Bonchev–Trinajstić information content (AvgIpc) is 2.62. The van der Waals surface area contributed by atoms with E-state index in [1.165, 1.54) is 5.56 Å². The Morgan fingerprint density at radius 3 is 2.52 bits per heavy atom. The second kappa shape index (κ2) is 6.94. The average molecular weight is 330 g/mol. The van der Waals surface area contributed by atoms with Crippen molar-refractivity contribution < 1.29 is 4.79 Å². The zero-order valence-electron chi connectivity index (χ0n) is 14.7. The topological polar surface area (TPSA) is 52.9 Å². The smallest absolute Gasteiger partial charge is 0.228 e. The van der Waals surface area contributed by atoms with Crippen molar-refractivity contribution >= 4 is 11.6 Å². The van der Waals surface area contributed by atoms with Gasteiger partial charge in [0, 0.05) is 11.0 Å². The summed E-state index contributed by atoms with van der Waals surface area (Å²) in [6.45, 7) is 4.19. The summed E-state index contributed by atoms with van der Waals surface area (Å²) in [5.74, 6) is -0.0934. The molecule has 2 aromatic carbocycles. The molecule has 0 aromatic heterocycles. The minimum absolute atomic E-state index is 0.0934. The van der Waals surface area contributed by atoms with Crippen LogP contribution in [-0.2, 0) is 17.6 Å². The predicted molar refractivity (Wildman–Crippen MR) is 99.4 cm³/mol. The molecule has 25 heavy (non-hydrogen) atoms. The van der Waals surface area contributed by atoms with Crippen molar-refractivity contribution in [2.75, 3.05) is 0 Å². The molecule has 126 valence electrons. The highest BCUT2D eigenvalue weighted by Crippen LogP contribution is 2.43. The van der Waals surface area contributed by atoms with Crippen molar-refractivity contribution in [1.29, 1.82) is 5.26 Å². The Morgan fingerprint density at radius 2 is 1.84 bits per heavy atom. The van der Waals surface area contributed by atoms with Crippen molar-refractivity contribution in [3.8, 4) is 6.07 Å². The summed E-state index contributed by atoms with van der Waals surface area (Å²) in [5, 5.41) is 12.8. The Labute approximate surface area is 149 Å². The van der Waals surface area contributed by atoms with Gasteiger partial charge in [0.05, 0.1) is 23.8 Å². The van der Waals surface area contributed by atoms with Gasteiger partial charge in [0.2, 0.25) is 5.91 Å². The number of rotatable bonds is 4. The summed E-state index contributed by atoms with van der Waals surface area (Å²) < 4.78 is 0. The highest BCUT2D eigenvalue weighted by atomic mass is 16.1. The SMILES string of the molecule is CCC1(C)Cc2ccccc2C(NC(=O)Cc2ccccc2)=C1C#N. The molecule has 0 saturated heterocycles. The van der Waals surface area contributed by atoms with E-state index in [9.17, 15) is 10.1 Å². The third-order valence-corrected chi connectivity index (χ3v) is 5.08. The highest BCUT2D eigenvalue weighted by molar-refractivity contribution is 5.91. The molecule has 1 amide bonds. The van der Waals surface area contributed by atoms with Gasteiger partial charge in [-0.25, -0.2) is 0 Å². The van der Waals surface area contributed by atoms with Gasteiger partial charge in [0.15, 0.2) is 0 Å². The van der Waals surface area contributed by atoms with E-state index >= 15 is 0 Å². The molecular weight excluding hydrogens is 308 g/mol. The van der Waals surface area contributed by atoms with E-state index in [0.717, 1.165) is 24.0 Å². The molecule has 1 unspecified atom stereocenters. The minimum Gasteiger partial charge on any atom is -0.324 e. The van der Waals surface area contributed by atoms with Crippen molar-refractivity contribution in [3.05, 3.63) is 76.9 Å². The van der Waals surface area contributed by atoms with E-state index in [2.05, 4.69) is 31.3 Å². The minimum atomic E-state index is -0.252. The molecule has 0 saturated carbocycles. The fourth-order valence-corrected chi connectivity index (χ4v) is 3.45. The van der Waals surface area contributed by atoms with E-state index in [-0.39, 0.29) is 11.3 Å². The highest BCUT2D eigenvalue weighted by Gasteiger charge is 2.36. The first kappa shape index (κ1) is 17.0. The molecular formula is C22H22N2O. The first-order valence-electron chi connectivity index (χ1n) is 8.64. The number of fused-ring (bicyclic) bond motifs is 1. The van der Waals surface area contributed by atoms with Crippen LogP contribution >= 0.6 is 0 Å². The molecule has 1 atom stereocenters. The van der Waals surface area contributed by atoms with Crippen LogP contribution in [0.25, 0.3) is 5.70 Å². The van der Waals surface area contributed by atoms with Crippen molar-refractivity contribution in [1.82, 2.24) is 5.32 Å². The van der Waals surface area contributed by atoms with E-state index < -0.39 is 0 Å².